The molecular weight excluding hydrogens is 299 g/mol. The van der Waals surface area contributed by atoms with E-state index in [0.29, 0.717) is 10.0 Å². The van der Waals surface area contributed by atoms with E-state index in [1.54, 1.807) is 32.0 Å². The number of hydrogen-bond acceptors (Lipinski definition) is 2. The first-order valence-electron chi connectivity index (χ1n) is 6.29. The zero-order chi connectivity index (χ0) is 15.1. The second-order valence-electron chi connectivity index (χ2n) is 5.45. The van der Waals surface area contributed by atoms with Crippen LogP contribution in [0.15, 0.2) is 18.2 Å². The lowest BCUT2D eigenvalue weighted by molar-refractivity contribution is -0.150. The Labute approximate surface area is 128 Å². The maximum Gasteiger partial charge on any atom is 0.248 e. The van der Waals surface area contributed by atoms with Gasteiger partial charge in [-0.2, -0.15) is 0 Å². The molecule has 2 amide bonds. The third-order valence-corrected chi connectivity index (χ3v) is 4.00. The van der Waals surface area contributed by atoms with Gasteiger partial charge >= 0.3 is 0 Å². The van der Waals surface area contributed by atoms with Crippen molar-refractivity contribution in [3.05, 3.63) is 33.8 Å². The largest absolute Gasteiger partial charge is 0.341 e. The molecule has 1 aromatic carbocycles. The molecule has 0 radical (unpaired) electrons. The Kier molecular flexibility index (Phi) is 3.98. The van der Waals surface area contributed by atoms with Gasteiger partial charge in [-0.25, -0.2) is 0 Å². The van der Waals surface area contributed by atoms with E-state index >= 15 is 0 Å². The molecule has 0 aromatic heterocycles. The molecule has 108 valence electrons. The van der Waals surface area contributed by atoms with Crippen molar-refractivity contribution < 1.29 is 9.59 Å². The van der Waals surface area contributed by atoms with Gasteiger partial charge in [0.25, 0.3) is 0 Å². The second-order valence-corrected chi connectivity index (χ2v) is 6.29. The Bertz CT molecular complexity index is 572. The summed E-state index contributed by atoms with van der Waals surface area (Å²) >= 11 is 12.1. The van der Waals surface area contributed by atoms with Gasteiger partial charge in [0.2, 0.25) is 11.8 Å². The molecule has 6 heteroatoms. The number of carbonyl (C=O) groups is 2. The molecule has 0 aliphatic carbocycles. The third-order valence-electron chi connectivity index (χ3n) is 3.44. The van der Waals surface area contributed by atoms with E-state index < -0.39 is 5.54 Å². The molecule has 1 fully saturated rings. The number of nitrogens with zero attached hydrogens (tertiary/aromatic N) is 1. The molecule has 1 N–H and O–H groups in total. The molecule has 1 heterocycles. The fourth-order valence-corrected chi connectivity index (χ4v) is 2.91. The number of piperazine rings is 1. The quantitative estimate of drug-likeness (QED) is 0.912. The van der Waals surface area contributed by atoms with Gasteiger partial charge in [-0.05, 0) is 38.5 Å². The zero-order valence-corrected chi connectivity index (χ0v) is 13.0. The SMILES string of the molecule is CC(c1ccc(Cl)cc1Cl)N1CC(=O)NC(C)(C)C1=O. The third kappa shape index (κ3) is 2.76. The number of nitrogens with one attached hydrogen (secondary N) is 1. The van der Waals surface area contributed by atoms with E-state index in [4.69, 9.17) is 23.2 Å². The van der Waals surface area contributed by atoms with Crippen LogP contribution in [-0.2, 0) is 9.59 Å². The van der Waals surface area contributed by atoms with Gasteiger partial charge in [0.15, 0.2) is 0 Å². The lowest BCUT2D eigenvalue weighted by Gasteiger charge is -2.40. The normalized spacial score (nSPS) is 19.8. The molecule has 0 spiro atoms. The Balaban J connectivity index is 2.34. The molecule has 0 saturated carbocycles. The molecule has 1 aliphatic heterocycles. The van der Waals surface area contributed by atoms with Crippen molar-refractivity contribution >= 4 is 35.0 Å². The Morgan fingerprint density at radius 2 is 1.95 bits per heavy atom. The average Bonchev–Trinajstić information content (AvgIpc) is 2.32. The Morgan fingerprint density at radius 3 is 2.55 bits per heavy atom. The van der Waals surface area contributed by atoms with Crippen LogP contribution in [0.25, 0.3) is 0 Å². The van der Waals surface area contributed by atoms with Gasteiger partial charge < -0.3 is 10.2 Å². The minimum atomic E-state index is -0.900. The van der Waals surface area contributed by atoms with Gasteiger partial charge in [-0.3, -0.25) is 9.59 Å². The Hall–Kier alpha value is -1.26. The average molecular weight is 315 g/mol. The fourth-order valence-electron chi connectivity index (χ4n) is 2.35. The number of benzene rings is 1. The maximum atomic E-state index is 12.4. The topological polar surface area (TPSA) is 49.4 Å². The lowest BCUT2D eigenvalue weighted by Crippen LogP contribution is -2.64. The van der Waals surface area contributed by atoms with Crippen LogP contribution in [0.1, 0.15) is 32.4 Å². The highest BCUT2D eigenvalue weighted by atomic mass is 35.5. The van der Waals surface area contributed by atoms with E-state index in [1.165, 1.54) is 4.90 Å². The fraction of sp³-hybridized carbons (Fsp3) is 0.429. The molecule has 4 nitrogen and oxygen atoms in total. The van der Waals surface area contributed by atoms with Crippen molar-refractivity contribution in [2.24, 2.45) is 0 Å². The minimum Gasteiger partial charge on any atom is -0.341 e. The number of halogens is 2. The molecule has 1 aromatic rings. The van der Waals surface area contributed by atoms with Crippen molar-refractivity contribution in [2.45, 2.75) is 32.4 Å². The lowest BCUT2D eigenvalue weighted by atomic mass is 9.97. The predicted molar refractivity (Wildman–Crippen MR) is 78.8 cm³/mol. The van der Waals surface area contributed by atoms with Crippen LogP contribution in [0.3, 0.4) is 0 Å². The van der Waals surface area contributed by atoms with Gasteiger partial charge in [0, 0.05) is 10.0 Å². The Morgan fingerprint density at radius 1 is 1.30 bits per heavy atom. The second kappa shape index (κ2) is 5.26. The van der Waals surface area contributed by atoms with E-state index in [0.717, 1.165) is 5.56 Å². The summed E-state index contributed by atoms with van der Waals surface area (Å²) in [4.78, 5) is 25.7. The van der Waals surface area contributed by atoms with Crippen LogP contribution < -0.4 is 5.32 Å². The summed E-state index contributed by atoms with van der Waals surface area (Å²) in [5.74, 6) is -0.304. The van der Waals surface area contributed by atoms with Crippen LogP contribution in [0.4, 0.5) is 0 Å². The maximum absolute atomic E-state index is 12.4. The summed E-state index contributed by atoms with van der Waals surface area (Å²) in [7, 11) is 0. The van der Waals surface area contributed by atoms with Crippen molar-refractivity contribution in [1.82, 2.24) is 10.2 Å². The van der Waals surface area contributed by atoms with E-state index in [-0.39, 0.29) is 24.4 Å². The first-order chi connectivity index (χ1) is 9.22. The molecule has 1 atom stereocenters. The number of rotatable bonds is 2. The number of hydrogen-bond donors (Lipinski definition) is 1. The first-order valence-corrected chi connectivity index (χ1v) is 7.05. The molecule has 20 heavy (non-hydrogen) atoms. The summed E-state index contributed by atoms with van der Waals surface area (Å²) < 4.78 is 0. The monoisotopic (exact) mass is 314 g/mol. The van der Waals surface area contributed by atoms with Crippen molar-refractivity contribution in [1.29, 1.82) is 0 Å². The molecule has 1 saturated heterocycles. The minimum absolute atomic E-state index is 0.0301. The van der Waals surface area contributed by atoms with Crippen LogP contribution in [0.5, 0.6) is 0 Å². The van der Waals surface area contributed by atoms with Crippen molar-refractivity contribution in [3.8, 4) is 0 Å². The van der Waals surface area contributed by atoms with Crippen molar-refractivity contribution in [3.63, 3.8) is 0 Å². The molecule has 2 rings (SSSR count). The van der Waals surface area contributed by atoms with E-state index in [1.807, 2.05) is 6.92 Å². The summed E-state index contributed by atoms with van der Waals surface area (Å²) in [6.07, 6.45) is 0. The standard InChI is InChI=1S/C14H16Cl2N2O2/c1-8(10-5-4-9(15)6-11(10)16)18-7-12(19)17-14(2,3)13(18)20/h4-6,8H,7H2,1-3H3,(H,17,19). The smallest absolute Gasteiger partial charge is 0.248 e. The molecular formula is C14H16Cl2N2O2. The van der Waals surface area contributed by atoms with Gasteiger partial charge in [-0.15, -0.1) is 0 Å². The van der Waals surface area contributed by atoms with Crippen molar-refractivity contribution in [2.75, 3.05) is 6.54 Å². The first kappa shape index (κ1) is 15.1. The van der Waals surface area contributed by atoms with Crippen LogP contribution in [-0.4, -0.2) is 28.8 Å². The number of carbonyl (C=O) groups excluding carboxylic acids is 2. The molecule has 0 bridgehead atoms. The van der Waals surface area contributed by atoms with Gasteiger partial charge in [0.05, 0.1) is 6.04 Å². The summed E-state index contributed by atoms with van der Waals surface area (Å²) in [5.41, 5.74) is -0.127. The van der Waals surface area contributed by atoms with Crippen LogP contribution in [0, 0.1) is 0 Å². The summed E-state index contributed by atoms with van der Waals surface area (Å²) in [6.45, 7) is 5.26. The highest BCUT2D eigenvalue weighted by Crippen LogP contribution is 2.31. The van der Waals surface area contributed by atoms with Crippen LogP contribution >= 0.6 is 23.2 Å². The van der Waals surface area contributed by atoms with Gasteiger partial charge in [-0.1, -0.05) is 29.3 Å². The number of amides is 2. The van der Waals surface area contributed by atoms with Gasteiger partial charge in [0.1, 0.15) is 12.1 Å². The van der Waals surface area contributed by atoms with E-state index in [2.05, 4.69) is 5.32 Å². The molecule has 1 unspecified atom stereocenters. The highest BCUT2D eigenvalue weighted by Gasteiger charge is 2.41. The zero-order valence-electron chi connectivity index (χ0n) is 11.5. The summed E-state index contributed by atoms with van der Waals surface area (Å²) in [6, 6.07) is 4.84. The molecule has 1 aliphatic rings. The van der Waals surface area contributed by atoms with E-state index in [9.17, 15) is 9.59 Å². The highest BCUT2D eigenvalue weighted by molar-refractivity contribution is 6.35. The van der Waals surface area contributed by atoms with Crippen LogP contribution in [0.2, 0.25) is 10.0 Å². The predicted octanol–water partition coefficient (Wildman–Crippen LogP) is 2.79. The summed E-state index contributed by atoms with van der Waals surface area (Å²) in [5, 5.41) is 3.70.